The number of carbonyl (C=O) groups excluding carboxylic acids is 2. The summed E-state index contributed by atoms with van der Waals surface area (Å²) in [6.45, 7) is 4.33. The molecule has 3 N–H and O–H groups in total. The van der Waals surface area contributed by atoms with Crippen molar-refractivity contribution in [3.05, 3.63) is 59.7 Å². The number of hydrogen-bond donors (Lipinski definition) is 3. The molecular weight excluding hydrogens is 444 g/mol. The maximum Gasteiger partial charge on any atom is 0.407 e. The van der Waals surface area contributed by atoms with Gasteiger partial charge in [-0.1, -0.05) is 61.9 Å². The fraction of sp³-hybridized carbons (Fsp3) is 0.464. The van der Waals surface area contributed by atoms with Crippen molar-refractivity contribution in [1.29, 1.82) is 0 Å². The van der Waals surface area contributed by atoms with Crippen molar-refractivity contribution in [1.82, 2.24) is 10.6 Å². The Morgan fingerprint density at radius 3 is 2.20 bits per heavy atom. The Labute approximate surface area is 206 Å². The number of carbonyl (C=O) groups is 3. The lowest BCUT2D eigenvalue weighted by atomic mass is 9.91. The van der Waals surface area contributed by atoms with E-state index in [0.29, 0.717) is 13.0 Å². The fourth-order valence-corrected chi connectivity index (χ4v) is 5.14. The molecule has 4 rings (SSSR count). The van der Waals surface area contributed by atoms with Gasteiger partial charge in [0.05, 0.1) is 5.54 Å². The number of fused-ring (bicyclic) bond motifs is 3. The summed E-state index contributed by atoms with van der Waals surface area (Å²) in [7, 11) is 0. The first kappa shape index (κ1) is 24.8. The number of ether oxygens (including phenoxy) is 1. The Balaban J connectivity index is 1.35. The maximum absolute atomic E-state index is 12.9. The molecule has 2 amide bonds. The molecule has 35 heavy (non-hydrogen) atoms. The van der Waals surface area contributed by atoms with E-state index in [1.54, 1.807) is 0 Å². The highest BCUT2D eigenvalue weighted by Gasteiger charge is 2.44. The van der Waals surface area contributed by atoms with Crippen LogP contribution in [0.1, 0.15) is 63.0 Å². The van der Waals surface area contributed by atoms with Gasteiger partial charge in [-0.25, -0.2) is 4.79 Å². The Kier molecular flexibility index (Phi) is 7.43. The Morgan fingerprint density at radius 2 is 1.66 bits per heavy atom. The lowest BCUT2D eigenvalue weighted by Gasteiger charge is -2.30. The molecule has 0 radical (unpaired) electrons. The van der Waals surface area contributed by atoms with Gasteiger partial charge in [-0.05, 0) is 53.9 Å². The molecule has 7 heteroatoms. The van der Waals surface area contributed by atoms with Crippen molar-refractivity contribution in [3.63, 3.8) is 0 Å². The summed E-state index contributed by atoms with van der Waals surface area (Å²) >= 11 is 0. The van der Waals surface area contributed by atoms with Crippen molar-refractivity contribution >= 4 is 18.0 Å². The molecule has 2 atom stereocenters. The zero-order chi connectivity index (χ0) is 25.0. The van der Waals surface area contributed by atoms with Gasteiger partial charge >= 0.3 is 12.1 Å². The van der Waals surface area contributed by atoms with E-state index in [4.69, 9.17) is 9.84 Å². The molecular formula is C28H34N2O5. The van der Waals surface area contributed by atoms with E-state index in [1.165, 1.54) is 11.1 Å². The monoisotopic (exact) mass is 478 g/mol. The lowest BCUT2D eigenvalue weighted by Crippen LogP contribution is -2.51. The molecule has 1 saturated carbocycles. The van der Waals surface area contributed by atoms with Crippen molar-refractivity contribution in [2.24, 2.45) is 11.8 Å². The molecule has 0 bridgehead atoms. The molecule has 0 heterocycles. The highest BCUT2D eigenvalue weighted by atomic mass is 16.5. The summed E-state index contributed by atoms with van der Waals surface area (Å²) in [5.74, 6) is -0.981. The quantitative estimate of drug-likeness (QED) is 0.434. The molecule has 0 aliphatic heterocycles. The molecule has 7 nitrogen and oxygen atoms in total. The van der Waals surface area contributed by atoms with Crippen molar-refractivity contribution in [2.45, 2.75) is 57.4 Å². The number of hydrogen-bond acceptors (Lipinski definition) is 4. The summed E-state index contributed by atoms with van der Waals surface area (Å²) in [4.78, 5) is 36.5. The van der Waals surface area contributed by atoms with Crippen LogP contribution in [0.2, 0.25) is 0 Å². The average Bonchev–Trinajstić information content (AvgIpc) is 3.64. The summed E-state index contributed by atoms with van der Waals surface area (Å²) in [6.07, 6.45) is 2.20. The van der Waals surface area contributed by atoms with Gasteiger partial charge in [-0.2, -0.15) is 0 Å². The number of carboxylic acids is 1. The van der Waals surface area contributed by atoms with Crippen LogP contribution < -0.4 is 10.6 Å². The maximum atomic E-state index is 12.9. The summed E-state index contributed by atoms with van der Waals surface area (Å²) in [5, 5.41) is 14.8. The lowest BCUT2D eigenvalue weighted by molar-refractivity contribution is -0.138. The Morgan fingerprint density at radius 1 is 1.06 bits per heavy atom. The standard InChI is InChI=1S/C28H34N2O5/c1-3-18(14-26(32)33)16-29-25(31)15-28(2,19-12-13-19)30-27(34)35-17-24-22-10-6-4-8-20(22)21-9-5-7-11-23(21)24/h4-11,18-19,24H,3,12-17H2,1-2H3,(H,29,31)(H,30,34)(H,32,33). The van der Waals surface area contributed by atoms with E-state index in [2.05, 4.69) is 34.9 Å². The second-order valence-electron chi connectivity index (χ2n) is 10.00. The van der Waals surface area contributed by atoms with Crippen molar-refractivity contribution in [3.8, 4) is 11.1 Å². The molecule has 1 fully saturated rings. The van der Waals surface area contributed by atoms with Gasteiger partial charge in [0.2, 0.25) is 5.91 Å². The third-order valence-electron chi connectivity index (χ3n) is 7.37. The molecule has 2 aromatic carbocycles. The smallest absolute Gasteiger partial charge is 0.407 e. The van der Waals surface area contributed by atoms with Gasteiger partial charge in [-0.15, -0.1) is 0 Å². The Hall–Kier alpha value is -3.35. The number of amides is 2. The number of rotatable bonds is 11. The number of alkyl carbamates (subject to hydrolysis) is 1. The van der Waals surface area contributed by atoms with Crippen LogP contribution in [0.4, 0.5) is 4.79 Å². The van der Waals surface area contributed by atoms with E-state index in [9.17, 15) is 14.4 Å². The van der Waals surface area contributed by atoms with Crippen LogP contribution in [0.5, 0.6) is 0 Å². The molecule has 186 valence electrons. The number of benzene rings is 2. The van der Waals surface area contributed by atoms with E-state index < -0.39 is 17.6 Å². The molecule has 2 aliphatic carbocycles. The van der Waals surface area contributed by atoms with Crippen LogP contribution in [0.25, 0.3) is 11.1 Å². The molecule has 2 unspecified atom stereocenters. The first-order chi connectivity index (χ1) is 16.8. The minimum atomic E-state index is -0.870. The second kappa shape index (κ2) is 10.5. The third-order valence-corrected chi connectivity index (χ3v) is 7.37. The molecule has 0 saturated heterocycles. The zero-order valence-corrected chi connectivity index (χ0v) is 20.4. The highest BCUT2D eigenvalue weighted by molar-refractivity contribution is 5.80. The van der Waals surface area contributed by atoms with Crippen LogP contribution in [-0.2, 0) is 14.3 Å². The molecule has 0 aromatic heterocycles. The van der Waals surface area contributed by atoms with E-state index in [1.807, 2.05) is 38.1 Å². The van der Waals surface area contributed by atoms with Crippen LogP contribution in [0, 0.1) is 11.8 Å². The van der Waals surface area contributed by atoms with Gasteiger partial charge < -0.3 is 20.5 Å². The van der Waals surface area contributed by atoms with Gasteiger partial charge in [0, 0.05) is 25.3 Å². The predicted molar refractivity (Wildman–Crippen MR) is 133 cm³/mol. The van der Waals surface area contributed by atoms with E-state index >= 15 is 0 Å². The van der Waals surface area contributed by atoms with E-state index in [0.717, 1.165) is 24.0 Å². The first-order valence-corrected chi connectivity index (χ1v) is 12.4. The first-order valence-electron chi connectivity index (χ1n) is 12.4. The second-order valence-corrected chi connectivity index (χ2v) is 10.00. The summed E-state index contributed by atoms with van der Waals surface area (Å²) in [6, 6.07) is 16.4. The van der Waals surface area contributed by atoms with Crippen LogP contribution in [-0.4, -0.2) is 41.8 Å². The van der Waals surface area contributed by atoms with Gasteiger partial charge in [0.25, 0.3) is 0 Å². The molecule has 2 aliphatic rings. The SMILES string of the molecule is CCC(CNC(=O)CC(C)(NC(=O)OCC1c2ccccc2-c2ccccc21)C1CC1)CC(=O)O. The van der Waals surface area contributed by atoms with Gasteiger partial charge in [0.15, 0.2) is 0 Å². The summed E-state index contributed by atoms with van der Waals surface area (Å²) in [5.41, 5.74) is 3.94. The number of nitrogens with one attached hydrogen (secondary N) is 2. The largest absolute Gasteiger partial charge is 0.481 e. The third kappa shape index (κ3) is 5.84. The highest BCUT2D eigenvalue weighted by Crippen LogP contribution is 2.45. The molecule has 0 spiro atoms. The van der Waals surface area contributed by atoms with E-state index in [-0.39, 0.29) is 43.1 Å². The number of aliphatic carboxylic acids is 1. The number of carboxylic acid groups (broad SMARTS) is 1. The molecule has 2 aromatic rings. The predicted octanol–water partition coefficient (Wildman–Crippen LogP) is 4.70. The minimum Gasteiger partial charge on any atom is -0.481 e. The van der Waals surface area contributed by atoms with Crippen LogP contribution in [0.3, 0.4) is 0 Å². The normalized spacial score (nSPS) is 17.0. The van der Waals surface area contributed by atoms with Crippen LogP contribution in [0.15, 0.2) is 48.5 Å². The zero-order valence-electron chi connectivity index (χ0n) is 20.4. The average molecular weight is 479 g/mol. The van der Waals surface area contributed by atoms with Gasteiger partial charge in [-0.3, -0.25) is 9.59 Å². The van der Waals surface area contributed by atoms with Crippen molar-refractivity contribution < 1.29 is 24.2 Å². The van der Waals surface area contributed by atoms with Crippen LogP contribution >= 0.6 is 0 Å². The summed E-state index contributed by atoms with van der Waals surface area (Å²) < 4.78 is 5.71. The Bertz CT molecular complexity index is 1050. The van der Waals surface area contributed by atoms with Gasteiger partial charge in [0.1, 0.15) is 6.61 Å². The fourth-order valence-electron chi connectivity index (χ4n) is 5.14. The topological polar surface area (TPSA) is 105 Å². The minimum absolute atomic E-state index is 0.0225. The van der Waals surface area contributed by atoms with Crippen molar-refractivity contribution in [2.75, 3.05) is 13.2 Å².